The van der Waals surface area contributed by atoms with E-state index in [0.717, 1.165) is 15.6 Å². The summed E-state index contributed by atoms with van der Waals surface area (Å²) in [6.07, 6.45) is 3.62. The molecule has 3 nitrogen and oxygen atoms in total. The number of hydrogen-bond donors (Lipinski definition) is 1. The number of carbonyl (C=O) groups is 1. The van der Waals surface area contributed by atoms with E-state index in [9.17, 15) is 4.79 Å². The van der Waals surface area contributed by atoms with Crippen LogP contribution < -0.4 is 5.43 Å². The van der Waals surface area contributed by atoms with Crippen LogP contribution >= 0.6 is 15.9 Å². The van der Waals surface area contributed by atoms with E-state index in [1.165, 1.54) is 0 Å². The van der Waals surface area contributed by atoms with E-state index in [4.69, 9.17) is 0 Å². The highest BCUT2D eigenvalue weighted by atomic mass is 79.9. The zero-order valence-corrected chi connectivity index (χ0v) is 13.2. The van der Waals surface area contributed by atoms with Gasteiger partial charge in [-0.05, 0) is 46.1 Å². The van der Waals surface area contributed by atoms with Crippen molar-refractivity contribution in [3.63, 3.8) is 0 Å². The van der Waals surface area contributed by atoms with Gasteiger partial charge in [0.25, 0.3) is 5.91 Å². The van der Waals surface area contributed by atoms with Gasteiger partial charge in [0, 0.05) is 4.47 Å². The fourth-order valence-corrected chi connectivity index (χ4v) is 2.21. The number of rotatable bonds is 4. The molecule has 0 aromatic heterocycles. The van der Waals surface area contributed by atoms with Crippen molar-refractivity contribution in [2.75, 3.05) is 0 Å². The second kappa shape index (κ2) is 7.55. The monoisotopic (exact) mass is 342 g/mol. The van der Waals surface area contributed by atoms with E-state index >= 15 is 0 Å². The normalized spacial score (nSPS) is 11.6. The summed E-state index contributed by atoms with van der Waals surface area (Å²) in [4.78, 5) is 11.9. The minimum Gasteiger partial charge on any atom is -0.267 e. The van der Waals surface area contributed by atoms with Crippen molar-refractivity contribution in [2.45, 2.75) is 6.92 Å². The highest BCUT2D eigenvalue weighted by molar-refractivity contribution is 9.10. The molecule has 4 heteroatoms. The number of hydrazone groups is 1. The molecule has 2 aromatic rings. The maximum absolute atomic E-state index is 11.9. The van der Waals surface area contributed by atoms with Crippen molar-refractivity contribution < 1.29 is 4.79 Å². The second-order valence-corrected chi connectivity index (χ2v) is 5.33. The van der Waals surface area contributed by atoms with Gasteiger partial charge < -0.3 is 0 Å². The van der Waals surface area contributed by atoms with E-state index in [1.54, 1.807) is 12.3 Å². The van der Waals surface area contributed by atoms with Crippen molar-refractivity contribution in [3.8, 4) is 0 Å². The summed E-state index contributed by atoms with van der Waals surface area (Å²) in [5.74, 6) is -0.244. The van der Waals surface area contributed by atoms with Gasteiger partial charge in [-0.2, -0.15) is 5.10 Å². The Morgan fingerprint density at radius 3 is 2.48 bits per heavy atom. The molecule has 2 rings (SSSR count). The molecule has 0 aliphatic rings. The van der Waals surface area contributed by atoms with E-state index < -0.39 is 0 Å². The SMILES string of the molecule is CC(/C=N/NC(=O)c1ccccc1Br)=C\c1ccccc1. The Labute approximate surface area is 132 Å². The van der Waals surface area contributed by atoms with Crippen LogP contribution in [0.5, 0.6) is 0 Å². The summed E-state index contributed by atoms with van der Waals surface area (Å²) in [5.41, 5.74) is 5.12. The molecule has 0 spiro atoms. The summed E-state index contributed by atoms with van der Waals surface area (Å²) in [6, 6.07) is 17.2. The smallest absolute Gasteiger partial charge is 0.267 e. The lowest BCUT2D eigenvalue weighted by Gasteiger charge is -2.02. The van der Waals surface area contributed by atoms with Gasteiger partial charge in [-0.1, -0.05) is 48.5 Å². The number of nitrogens with zero attached hydrogens (tertiary/aromatic N) is 1. The second-order valence-electron chi connectivity index (χ2n) is 4.48. The molecule has 0 saturated carbocycles. The number of amides is 1. The number of halogens is 1. The minimum absolute atomic E-state index is 0.244. The maximum atomic E-state index is 11.9. The Bertz CT molecular complexity index is 678. The lowest BCUT2D eigenvalue weighted by molar-refractivity contribution is 0.0954. The van der Waals surface area contributed by atoms with E-state index in [2.05, 4.69) is 26.5 Å². The maximum Gasteiger partial charge on any atom is 0.272 e. The van der Waals surface area contributed by atoms with Crippen molar-refractivity contribution in [3.05, 3.63) is 75.8 Å². The molecule has 0 fully saturated rings. The molecule has 2 aromatic carbocycles. The standard InChI is InChI=1S/C17H15BrN2O/c1-13(11-14-7-3-2-4-8-14)12-19-20-17(21)15-9-5-6-10-16(15)18/h2-12H,1H3,(H,20,21)/b13-11+,19-12+. The molecule has 0 aliphatic heterocycles. The summed E-state index contributed by atoms with van der Waals surface area (Å²) in [5, 5.41) is 3.97. The Hall–Kier alpha value is -2.20. The summed E-state index contributed by atoms with van der Waals surface area (Å²) in [6.45, 7) is 1.93. The first-order chi connectivity index (χ1) is 10.2. The predicted octanol–water partition coefficient (Wildman–Crippen LogP) is 4.27. The summed E-state index contributed by atoms with van der Waals surface area (Å²) in [7, 11) is 0. The third-order valence-electron chi connectivity index (χ3n) is 2.75. The van der Waals surface area contributed by atoms with Crippen molar-refractivity contribution in [1.29, 1.82) is 0 Å². The van der Waals surface area contributed by atoms with E-state index in [0.29, 0.717) is 5.56 Å². The minimum atomic E-state index is -0.244. The van der Waals surface area contributed by atoms with Crippen LogP contribution in [-0.2, 0) is 0 Å². The lowest BCUT2D eigenvalue weighted by atomic mass is 10.1. The van der Waals surface area contributed by atoms with Gasteiger partial charge >= 0.3 is 0 Å². The Morgan fingerprint density at radius 2 is 1.76 bits per heavy atom. The van der Waals surface area contributed by atoms with Crippen LogP contribution in [0.4, 0.5) is 0 Å². The van der Waals surface area contributed by atoms with E-state index in [-0.39, 0.29) is 5.91 Å². The van der Waals surface area contributed by atoms with Gasteiger partial charge in [-0.15, -0.1) is 0 Å². The van der Waals surface area contributed by atoms with Gasteiger partial charge in [0.15, 0.2) is 0 Å². The molecule has 1 N–H and O–H groups in total. The molecule has 1 amide bonds. The van der Waals surface area contributed by atoms with Gasteiger partial charge in [-0.25, -0.2) is 5.43 Å². The largest absolute Gasteiger partial charge is 0.272 e. The van der Waals surface area contributed by atoms with Crippen molar-refractivity contribution >= 4 is 34.1 Å². The Kier molecular flexibility index (Phi) is 5.46. The van der Waals surface area contributed by atoms with Crippen LogP contribution in [0, 0.1) is 0 Å². The first-order valence-electron chi connectivity index (χ1n) is 6.48. The zero-order valence-electron chi connectivity index (χ0n) is 11.6. The third kappa shape index (κ3) is 4.68. The van der Waals surface area contributed by atoms with Gasteiger partial charge in [0.2, 0.25) is 0 Å². The molecule has 0 atom stereocenters. The lowest BCUT2D eigenvalue weighted by Crippen LogP contribution is -2.18. The molecule has 0 radical (unpaired) electrons. The number of hydrogen-bond acceptors (Lipinski definition) is 2. The Morgan fingerprint density at radius 1 is 1.10 bits per heavy atom. The molecule has 0 bridgehead atoms. The Balaban J connectivity index is 1.98. The van der Waals surface area contributed by atoms with Crippen LogP contribution in [0.2, 0.25) is 0 Å². The van der Waals surface area contributed by atoms with Crippen LogP contribution in [0.3, 0.4) is 0 Å². The van der Waals surface area contributed by atoms with Crippen molar-refractivity contribution in [2.24, 2.45) is 5.10 Å². The number of allylic oxidation sites excluding steroid dienone is 1. The van der Waals surface area contributed by atoms with E-state index in [1.807, 2.05) is 61.5 Å². The van der Waals surface area contributed by atoms with Crippen LogP contribution in [-0.4, -0.2) is 12.1 Å². The molecule has 0 saturated heterocycles. The topological polar surface area (TPSA) is 41.5 Å². The highest BCUT2D eigenvalue weighted by Gasteiger charge is 2.07. The highest BCUT2D eigenvalue weighted by Crippen LogP contribution is 2.15. The summed E-state index contributed by atoms with van der Waals surface area (Å²) >= 11 is 3.34. The fraction of sp³-hybridized carbons (Fsp3) is 0.0588. The molecule has 0 aliphatic carbocycles. The van der Waals surface area contributed by atoms with Gasteiger partial charge in [0.1, 0.15) is 0 Å². The first kappa shape index (κ1) is 15.2. The predicted molar refractivity (Wildman–Crippen MR) is 90.2 cm³/mol. The van der Waals surface area contributed by atoms with Crippen LogP contribution in [0.15, 0.2) is 69.7 Å². The third-order valence-corrected chi connectivity index (χ3v) is 3.44. The molecule has 0 heterocycles. The van der Waals surface area contributed by atoms with Crippen molar-refractivity contribution in [1.82, 2.24) is 5.43 Å². The number of nitrogens with one attached hydrogen (secondary N) is 1. The average Bonchev–Trinajstić information content (AvgIpc) is 2.48. The molecular formula is C17H15BrN2O. The average molecular weight is 343 g/mol. The first-order valence-corrected chi connectivity index (χ1v) is 7.27. The van der Waals surface area contributed by atoms with Crippen LogP contribution in [0.1, 0.15) is 22.8 Å². The van der Waals surface area contributed by atoms with Gasteiger partial charge in [-0.3, -0.25) is 4.79 Å². The molecule has 106 valence electrons. The number of carbonyl (C=O) groups excluding carboxylic acids is 1. The molecular weight excluding hydrogens is 328 g/mol. The molecule has 21 heavy (non-hydrogen) atoms. The molecule has 0 unspecified atom stereocenters. The van der Waals surface area contributed by atoms with Gasteiger partial charge in [0.05, 0.1) is 11.8 Å². The zero-order chi connectivity index (χ0) is 15.1. The summed E-state index contributed by atoms with van der Waals surface area (Å²) < 4.78 is 0.745. The number of benzene rings is 2. The fourth-order valence-electron chi connectivity index (χ4n) is 1.75. The van der Waals surface area contributed by atoms with Crippen LogP contribution in [0.25, 0.3) is 6.08 Å². The quantitative estimate of drug-likeness (QED) is 0.654.